The number of benzene rings is 2. The maximum absolute atomic E-state index is 12.4. The van der Waals surface area contributed by atoms with Gasteiger partial charge in [-0.15, -0.1) is 24.0 Å². The number of halogens is 1. The number of carbonyl (C=O) groups excluding carboxylic acids is 2. The van der Waals surface area contributed by atoms with Crippen LogP contribution in [0.5, 0.6) is 0 Å². The van der Waals surface area contributed by atoms with Crippen LogP contribution in [0.25, 0.3) is 0 Å². The number of guanidine groups is 1. The number of rotatable bonds is 9. The van der Waals surface area contributed by atoms with Crippen LogP contribution in [-0.4, -0.2) is 74.9 Å². The SMILES string of the molecule is CN=C(NCCc1cccc(C(=O)N(C)C)c1)NCC1CC(=O)N(CCc2ccccc2)C1.I. The van der Waals surface area contributed by atoms with E-state index >= 15 is 0 Å². The molecule has 8 heteroatoms. The molecule has 1 atom stereocenters. The van der Waals surface area contributed by atoms with Gasteiger partial charge in [0.25, 0.3) is 5.91 Å². The van der Waals surface area contributed by atoms with Crippen LogP contribution in [0.1, 0.15) is 27.9 Å². The standard InChI is InChI=1S/C26H35N5O2.HI/c1-27-26(28-14-12-21-10-7-11-23(16-21)25(33)30(2)3)29-18-22-17-24(32)31(19-22)15-13-20-8-5-4-6-9-20;/h4-11,16,22H,12-15,17-19H2,1-3H3,(H2,27,28,29);1H. The predicted molar refractivity (Wildman–Crippen MR) is 148 cm³/mol. The van der Waals surface area contributed by atoms with Crippen molar-refractivity contribution in [3.05, 3.63) is 71.3 Å². The molecule has 2 amide bonds. The van der Waals surface area contributed by atoms with Gasteiger partial charge in [-0.05, 0) is 36.1 Å². The highest BCUT2D eigenvalue weighted by molar-refractivity contribution is 14.0. The molecule has 0 bridgehead atoms. The summed E-state index contributed by atoms with van der Waals surface area (Å²) >= 11 is 0. The molecule has 2 N–H and O–H groups in total. The molecule has 1 saturated heterocycles. The zero-order valence-electron chi connectivity index (χ0n) is 20.3. The van der Waals surface area contributed by atoms with Crippen LogP contribution in [0.4, 0.5) is 0 Å². The lowest BCUT2D eigenvalue weighted by molar-refractivity contribution is -0.127. The van der Waals surface area contributed by atoms with E-state index in [9.17, 15) is 9.59 Å². The zero-order valence-corrected chi connectivity index (χ0v) is 22.6. The first kappa shape index (κ1) is 27.6. The van der Waals surface area contributed by atoms with E-state index in [1.165, 1.54) is 5.56 Å². The zero-order chi connectivity index (χ0) is 23.6. The van der Waals surface area contributed by atoms with E-state index in [2.05, 4.69) is 27.8 Å². The van der Waals surface area contributed by atoms with Crippen molar-refractivity contribution < 1.29 is 9.59 Å². The molecule has 34 heavy (non-hydrogen) atoms. The molecule has 0 radical (unpaired) electrons. The molecule has 0 saturated carbocycles. The summed E-state index contributed by atoms with van der Waals surface area (Å²) in [4.78, 5) is 32.4. The van der Waals surface area contributed by atoms with Crippen LogP contribution >= 0.6 is 24.0 Å². The van der Waals surface area contributed by atoms with Crippen molar-refractivity contribution in [3.8, 4) is 0 Å². The molecule has 0 aromatic heterocycles. The van der Waals surface area contributed by atoms with Gasteiger partial charge in [0.2, 0.25) is 5.91 Å². The van der Waals surface area contributed by atoms with E-state index in [0.29, 0.717) is 25.1 Å². The van der Waals surface area contributed by atoms with Gasteiger partial charge in [-0.25, -0.2) is 0 Å². The fraction of sp³-hybridized carbons (Fsp3) is 0.423. The van der Waals surface area contributed by atoms with E-state index in [4.69, 9.17) is 0 Å². The number of carbonyl (C=O) groups is 2. The number of nitrogens with zero attached hydrogens (tertiary/aromatic N) is 3. The third-order valence-electron chi connectivity index (χ3n) is 5.88. The van der Waals surface area contributed by atoms with E-state index in [-0.39, 0.29) is 41.7 Å². The lowest BCUT2D eigenvalue weighted by Gasteiger charge is -2.18. The number of hydrogen-bond donors (Lipinski definition) is 2. The van der Waals surface area contributed by atoms with Crippen LogP contribution < -0.4 is 10.6 Å². The fourth-order valence-corrected chi connectivity index (χ4v) is 4.02. The molecule has 1 fully saturated rings. The minimum atomic E-state index is 0. The molecule has 1 heterocycles. The van der Waals surface area contributed by atoms with Gasteiger partial charge in [-0.2, -0.15) is 0 Å². The number of likely N-dealkylation sites (tertiary alicyclic amines) is 1. The quantitative estimate of drug-likeness (QED) is 0.273. The fourth-order valence-electron chi connectivity index (χ4n) is 4.02. The van der Waals surface area contributed by atoms with E-state index in [0.717, 1.165) is 37.5 Å². The monoisotopic (exact) mass is 577 g/mol. The smallest absolute Gasteiger partial charge is 0.253 e. The number of amides is 2. The number of nitrogens with one attached hydrogen (secondary N) is 2. The highest BCUT2D eigenvalue weighted by atomic mass is 127. The van der Waals surface area contributed by atoms with Crippen LogP contribution in [0.2, 0.25) is 0 Å². The summed E-state index contributed by atoms with van der Waals surface area (Å²) in [7, 11) is 5.26. The first-order valence-corrected chi connectivity index (χ1v) is 11.5. The van der Waals surface area contributed by atoms with Gasteiger partial charge in [0.05, 0.1) is 0 Å². The number of aliphatic imine (C=N–C) groups is 1. The molecule has 0 spiro atoms. The summed E-state index contributed by atoms with van der Waals surface area (Å²) in [6.07, 6.45) is 2.24. The van der Waals surface area contributed by atoms with Crippen molar-refractivity contribution in [3.63, 3.8) is 0 Å². The van der Waals surface area contributed by atoms with Gasteiger partial charge in [0.1, 0.15) is 0 Å². The predicted octanol–water partition coefficient (Wildman–Crippen LogP) is 2.81. The molecule has 2 aromatic carbocycles. The second-order valence-corrected chi connectivity index (χ2v) is 8.68. The van der Waals surface area contributed by atoms with Gasteiger partial charge in [-0.1, -0.05) is 42.5 Å². The largest absolute Gasteiger partial charge is 0.356 e. The summed E-state index contributed by atoms with van der Waals surface area (Å²) in [5.41, 5.74) is 3.05. The molecular formula is C26H36IN5O2. The molecule has 0 aliphatic carbocycles. The summed E-state index contributed by atoms with van der Waals surface area (Å²) in [5, 5.41) is 6.68. The Morgan fingerprint density at radius 3 is 2.50 bits per heavy atom. The highest BCUT2D eigenvalue weighted by Gasteiger charge is 2.29. The third kappa shape index (κ3) is 8.30. The third-order valence-corrected chi connectivity index (χ3v) is 5.88. The van der Waals surface area contributed by atoms with E-state index < -0.39 is 0 Å². The molecule has 184 valence electrons. The van der Waals surface area contributed by atoms with Crippen LogP contribution in [0.3, 0.4) is 0 Å². The van der Waals surface area contributed by atoms with Crippen molar-refractivity contribution in [1.29, 1.82) is 0 Å². The Morgan fingerprint density at radius 2 is 1.79 bits per heavy atom. The second-order valence-electron chi connectivity index (χ2n) is 8.68. The van der Waals surface area contributed by atoms with Crippen LogP contribution in [0, 0.1) is 5.92 Å². The lowest BCUT2D eigenvalue weighted by Crippen LogP contribution is -2.41. The Balaban J connectivity index is 0.00000408. The van der Waals surface area contributed by atoms with Gasteiger partial charge in [-0.3, -0.25) is 14.6 Å². The second kappa shape index (κ2) is 13.9. The van der Waals surface area contributed by atoms with Crippen molar-refractivity contribution in [2.75, 3.05) is 47.3 Å². The molecular weight excluding hydrogens is 541 g/mol. The van der Waals surface area contributed by atoms with Crippen LogP contribution in [0.15, 0.2) is 59.6 Å². The minimum absolute atomic E-state index is 0. The Kier molecular flexibility index (Phi) is 11.3. The summed E-state index contributed by atoms with van der Waals surface area (Å²) in [5.74, 6) is 1.24. The maximum atomic E-state index is 12.4. The van der Waals surface area contributed by atoms with Crippen LogP contribution in [-0.2, 0) is 17.6 Å². The van der Waals surface area contributed by atoms with Crippen molar-refractivity contribution in [2.45, 2.75) is 19.3 Å². The summed E-state index contributed by atoms with van der Waals surface area (Å²) in [6.45, 7) is 2.95. The van der Waals surface area contributed by atoms with Gasteiger partial charge >= 0.3 is 0 Å². The molecule has 7 nitrogen and oxygen atoms in total. The summed E-state index contributed by atoms with van der Waals surface area (Å²) < 4.78 is 0. The average Bonchev–Trinajstić information content (AvgIpc) is 3.19. The Labute approximate surface area is 220 Å². The normalized spacial score (nSPS) is 15.6. The van der Waals surface area contributed by atoms with Gasteiger partial charge in [0.15, 0.2) is 5.96 Å². The van der Waals surface area contributed by atoms with Gasteiger partial charge < -0.3 is 20.4 Å². The van der Waals surface area contributed by atoms with Crippen molar-refractivity contribution in [1.82, 2.24) is 20.4 Å². The van der Waals surface area contributed by atoms with Crippen molar-refractivity contribution in [2.24, 2.45) is 10.9 Å². The molecule has 2 aromatic rings. The molecule has 1 aliphatic heterocycles. The highest BCUT2D eigenvalue weighted by Crippen LogP contribution is 2.17. The lowest BCUT2D eigenvalue weighted by atomic mass is 10.1. The van der Waals surface area contributed by atoms with E-state index in [1.807, 2.05) is 47.4 Å². The first-order valence-electron chi connectivity index (χ1n) is 11.5. The topological polar surface area (TPSA) is 77.0 Å². The summed E-state index contributed by atoms with van der Waals surface area (Å²) in [6, 6.07) is 18.0. The number of hydrogen-bond acceptors (Lipinski definition) is 3. The maximum Gasteiger partial charge on any atom is 0.253 e. The Bertz CT molecular complexity index is 965. The minimum Gasteiger partial charge on any atom is -0.356 e. The van der Waals surface area contributed by atoms with Gasteiger partial charge in [0, 0.05) is 65.2 Å². The first-order chi connectivity index (χ1) is 16.0. The molecule has 1 aliphatic rings. The molecule has 3 rings (SSSR count). The van der Waals surface area contributed by atoms with E-state index in [1.54, 1.807) is 26.0 Å². The Hall–Kier alpha value is -2.62. The molecule has 1 unspecified atom stereocenters. The Morgan fingerprint density at radius 1 is 1.06 bits per heavy atom. The van der Waals surface area contributed by atoms with Crippen molar-refractivity contribution >= 4 is 41.8 Å². The average molecular weight is 578 g/mol.